The number of hydrogen-bond acceptors (Lipinski definition) is 3. The minimum atomic E-state index is -0.0885. The molecule has 2 aromatic carbocycles. The normalized spacial score (nSPS) is 25.0. The lowest BCUT2D eigenvalue weighted by atomic mass is 9.89. The van der Waals surface area contributed by atoms with Crippen LogP contribution in [0.25, 0.3) is 0 Å². The van der Waals surface area contributed by atoms with E-state index in [0.717, 1.165) is 21.9 Å². The maximum atomic E-state index is 5.92. The monoisotopic (exact) mass is 304 g/mol. The van der Waals surface area contributed by atoms with Gasteiger partial charge in [0, 0.05) is 10.9 Å². The van der Waals surface area contributed by atoms with E-state index in [4.69, 9.17) is 26.1 Å². The number of methoxy groups -OCH3 is 1. The quantitative estimate of drug-likeness (QED) is 0.767. The second-order valence-corrected chi connectivity index (χ2v) is 5.65. The van der Waals surface area contributed by atoms with Gasteiger partial charge in [-0.25, -0.2) is 9.78 Å². The summed E-state index contributed by atoms with van der Waals surface area (Å²) in [5.41, 5.74) is 2.16. The summed E-state index contributed by atoms with van der Waals surface area (Å²) < 4.78 is 5.18. The maximum Gasteiger partial charge on any atom is 0.123 e. The fourth-order valence-corrected chi connectivity index (χ4v) is 2.74. The number of rotatable bonds is 3. The van der Waals surface area contributed by atoms with Gasteiger partial charge in [0.25, 0.3) is 0 Å². The minimum absolute atomic E-state index is 0.0865. The Hall–Kier alpha value is -1.55. The van der Waals surface area contributed by atoms with Crippen molar-refractivity contribution >= 4 is 11.6 Å². The molecule has 0 saturated carbocycles. The molecular formula is C17H17ClO3. The van der Waals surface area contributed by atoms with Crippen LogP contribution in [0.15, 0.2) is 48.5 Å². The average Bonchev–Trinajstić information content (AvgIpc) is 2.90. The predicted octanol–water partition coefficient (Wildman–Crippen LogP) is 4.73. The lowest BCUT2D eigenvalue weighted by Crippen LogP contribution is -2.09. The van der Waals surface area contributed by atoms with Crippen molar-refractivity contribution in [2.24, 2.45) is 5.92 Å². The summed E-state index contributed by atoms with van der Waals surface area (Å²) in [4.78, 5) is 11.1. The number of ether oxygens (including phenoxy) is 1. The Morgan fingerprint density at radius 1 is 0.857 bits per heavy atom. The lowest BCUT2D eigenvalue weighted by Gasteiger charge is -2.16. The molecule has 110 valence electrons. The van der Waals surface area contributed by atoms with Gasteiger partial charge in [-0.05, 0) is 35.4 Å². The highest BCUT2D eigenvalue weighted by Gasteiger charge is 2.37. The zero-order chi connectivity index (χ0) is 14.8. The number of halogens is 1. The molecule has 0 amide bonds. The van der Waals surface area contributed by atoms with Crippen molar-refractivity contribution < 1.29 is 14.5 Å². The third-order valence-corrected chi connectivity index (χ3v) is 4.11. The average molecular weight is 305 g/mol. The van der Waals surface area contributed by atoms with Crippen LogP contribution in [0.4, 0.5) is 0 Å². The van der Waals surface area contributed by atoms with E-state index in [1.807, 2.05) is 48.5 Å². The van der Waals surface area contributed by atoms with Gasteiger partial charge in [-0.15, -0.1) is 0 Å². The molecule has 2 aromatic rings. The van der Waals surface area contributed by atoms with E-state index in [1.54, 1.807) is 7.11 Å². The molecule has 0 spiro atoms. The topological polar surface area (TPSA) is 27.7 Å². The zero-order valence-corrected chi connectivity index (χ0v) is 12.7. The molecule has 0 unspecified atom stereocenters. The van der Waals surface area contributed by atoms with Gasteiger partial charge in [0.1, 0.15) is 18.0 Å². The summed E-state index contributed by atoms with van der Waals surface area (Å²) in [5.74, 6) is 1.04. The molecule has 1 fully saturated rings. The summed E-state index contributed by atoms with van der Waals surface area (Å²) in [6, 6.07) is 15.6. The number of hydrogen-bond donors (Lipinski definition) is 0. The Kier molecular flexibility index (Phi) is 4.15. The summed E-state index contributed by atoms with van der Waals surface area (Å²) in [5, 5.41) is 0.719. The van der Waals surface area contributed by atoms with Crippen LogP contribution in [0.1, 0.15) is 30.3 Å². The van der Waals surface area contributed by atoms with Crippen molar-refractivity contribution in [2.45, 2.75) is 19.1 Å². The van der Waals surface area contributed by atoms with Crippen molar-refractivity contribution in [3.8, 4) is 5.75 Å². The van der Waals surface area contributed by atoms with Crippen molar-refractivity contribution in [3.63, 3.8) is 0 Å². The molecule has 0 aliphatic carbocycles. The fourth-order valence-electron chi connectivity index (χ4n) is 2.62. The highest BCUT2D eigenvalue weighted by Crippen LogP contribution is 2.44. The molecule has 3 atom stereocenters. The minimum Gasteiger partial charge on any atom is -0.497 e. The van der Waals surface area contributed by atoms with Crippen LogP contribution in [0.2, 0.25) is 5.02 Å². The molecule has 0 aromatic heterocycles. The van der Waals surface area contributed by atoms with Gasteiger partial charge in [0.2, 0.25) is 0 Å². The number of benzene rings is 2. The van der Waals surface area contributed by atoms with E-state index in [1.165, 1.54) is 0 Å². The second-order valence-electron chi connectivity index (χ2n) is 5.22. The Labute approximate surface area is 129 Å². The Balaban J connectivity index is 1.79. The second kappa shape index (κ2) is 6.06. The van der Waals surface area contributed by atoms with Gasteiger partial charge < -0.3 is 4.74 Å². The molecule has 1 aliphatic heterocycles. The highest BCUT2D eigenvalue weighted by atomic mass is 35.5. The molecule has 1 saturated heterocycles. The van der Waals surface area contributed by atoms with Crippen molar-refractivity contribution in [1.29, 1.82) is 0 Å². The maximum absolute atomic E-state index is 5.92. The smallest absolute Gasteiger partial charge is 0.123 e. The van der Waals surface area contributed by atoms with Crippen LogP contribution in [0, 0.1) is 5.92 Å². The molecule has 4 heteroatoms. The van der Waals surface area contributed by atoms with Gasteiger partial charge in [-0.2, -0.15) is 0 Å². The van der Waals surface area contributed by atoms with E-state index in [9.17, 15) is 0 Å². The third kappa shape index (κ3) is 2.91. The van der Waals surface area contributed by atoms with Crippen LogP contribution in [-0.4, -0.2) is 7.11 Å². The Bertz CT molecular complexity index is 594. The molecule has 3 nitrogen and oxygen atoms in total. The highest BCUT2D eigenvalue weighted by molar-refractivity contribution is 6.30. The van der Waals surface area contributed by atoms with Gasteiger partial charge >= 0.3 is 0 Å². The van der Waals surface area contributed by atoms with Crippen molar-refractivity contribution in [1.82, 2.24) is 0 Å². The first kappa shape index (κ1) is 14.4. The summed E-state index contributed by atoms with van der Waals surface area (Å²) in [6.07, 6.45) is -0.175. The molecule has 0 radical (unpaired) electrons. The molecule has 0 N–H and O–H groups in total. The SMILES string of the molecule is COc1ccc([C@@H]2OO[C@@H](c3ccc(Cl)cc3)[C@H]2C)cc1. The molecule has 21 heavy (non-hydrogen) atoms. The lowest BCUT2D eigenvalue weighted by molar-refractivity contribution is -0.300. The summed E-state index contributed by atoms with van der Waals surface area (Å²) in [6.45, 7) is 2.13. The predicted molar refractivity (Wildman–Crippen MR) is 81.3 cm³/mol. The Morgan fingerprint density at radius 2 is 1.33 bits per heavy atom. The van der Waals surface area contributed by atoms with E-state index in [2.05, 4.69) is 6.92 Å². The third-order valence-electron chi connectivity index (χ3n) is 3.86. The van der Waals surface area contributed by atoms with Crippen LogP contribution >= 0.6 is 11.6 Å². The van der Waals surface area contributed by atoms with Gasteiger partial charge in [0.05, 0.1) is 7.11 Å². The summed E-state index contributed by atoms with van der Waals surface area (Å²) in [7, 11) is 1.66. The standard InChI is InChI=1S/C17H17ClO3/c1-11-16(12-3-7-14(18)8-4-12)20-21-17(11)13-5-9-15(19-2)10-6-13/h3-11,16-17H,1-2H3/t11-,16-,17-/m1/s1. The van der Waals surface area contributed by atoms with Crippen molar-refractivity contribution in [3.05, 3.63) is 64.7 Å². The van der Waals surface area contributed by atoms with E-state index in [0.29, 0.717) is 0 Å². The Morgan fingerprint density at radius 3 is 1.81 bits per heavy atom. The largest absolute Gasteiger partial charge is 0.497 e. The van der Waals surface area contributed by atoms with Crippen LogP contribution in [0.5, 0.6) is 5.75 Å². The molecular weight excluding hydrogens is 288 g/mol. The molecule has 3 rings (SSSR count). The van der Waals surface area contributed by atoms with Crippen LogP contribution < -0.4 is 4.74 Å². The molecule has 0 bridgehead atoms. The fraction of sp³-hybridized carbons (Fsp3) is 0.294. The van der Waals surface area contributed by atoms with Crippen LogP contribution in [-0.2, 0) is 9.78 Å². The first-order valence-corrected chi connectivity index (χ1v) is 7.28. The van der Waals surface area contributed by atoms with Gasteiger partial charge in [-0.1, -0.05) is 42.8 Å². The zero-order valence-electron chi connectivity index (χ0n) is 12.0. The molecule has 1 aliphatic rings. The van der Waals surface area contributed by atoms with E-state index < -0.39 is 0 Å². The van der Waals surface area contributed by atoms with Crippen molar-refractivity contribution in [2.75, 3.05) is 7.11 Å². The van der Waals surface area contributed by atoms with Gasteiger partial charge in [0.15, 0.2) is 0 Å². The summed E-state index contributed by atoms with van der Waals surface area (Å²) >= 11 is 5.92. The van der Waals surface area contributed by atoms with Gasteiger partial charge in [-0.3, -0.25) is 0 Å². The molecule has 1 heterocycles. The van der Waals surface area contributed by atoms with E-state index in [-0.39, 0.29) is 18.1 Å². The van der Waals surface area contributed by atoms with E-state index >= 15 is 0 Å². The van der Waals surface area contributed by atoms with Crippen LogP contribution in [0.3, 0.4) is 0 Å². The first-order chi connectivity index (χ1) is 10.2. The first-order valence-electron chi connectivity index (χ1n) is 6.90.